The van der Waals surface area contributed by atoms with Crippen LogP contribution in [0.3, 0.4) is 0 Å². The van der Waals surface area contributed by atoms with Crippen LogP contribution in [0, 0.1) is 0 Å². The summed E-state index contributed by atoms with van der Waals surface area (Å²) in [7, 11) is 0. The van der Waals surface area contributed by atoms with E-state index < -0.39 is 0 Å². The van der Waals surface area contributed by atoms with Crippen LogP contribution in [0.2, 0.25) is 0 Å². The van der Waals surface area contributed by atoms with Crippen LogP contribution in [0.4, 0.5) is 0 Å². The first kappa shape index (κ1) is 12.8. The van der Waals surface area contributed by atoms with Gasteiger partial charge in [-0.15, -0.1) is 11.3 Å². The number of nitrogens with two attached hydrogens (primary N) is 1. The van der Waals surface area contributed by atoms with Crippen molar-refractivity contribution in [2.45, 2.75) is 13.1 Å². The zero-order valence-electron chi connectivity index (χ0n) is 10.1. The van der Waals surface area contributed by atoms with E-state index in [0.717, 1.165) is 5.56 Å². The van der Waals surface area contributed by atoms with Gasteiger partial charge in [-0.05, 0) is 17.0 Å². The minimum absolute atomic E-state index is 0.0211. The normalized spacial score (nSPS) is 10.3. The van der Waals surface area contributed by atoms with Gasteiger partial charge >= 0.3 is 0 Å². The Hall–Kier alpha value is -1.65. The van der Waals surface area contributed by atoms with Crippen LogP contribution >= 0.6 is 11.3 Å². The molecule has 1 aromatic heterocycles. The predicted octanol–water partition coefficient (Wildman–Crippen LogP) is 2.24. The number of nitrogens with zero attached hydrogens (tertiary/aromatic N) is 1. The molecule has 0 radical (unpaired) electrons. The number of rotatable bonds is 5. The third-order valence-corrected chi connectivity index (χ3v) is 3.53. The highest BCUT2D eigenvalue weighted by Gasteiger charge is 2.13. The van der Waals surface area contributed by atoms with Crippen LogP contribution in [-0.4, -0.2) is 17.4 Å². The van der Waals surface area contributed by atoms with Gasteiger partial charge in [-0.1, -0.05) is 36.4 Å². The summed E-state index contributed by atoms with van der Waals surface area (Å²) in [6, 6.07) is 14.0. The Morgan fingerprint density at radius 3 is 2.50 bits per heavy atom. The Balaban J connectivity index is 2.08. The molecule has 1 aromatic carbocycles. The van der Waals surface area contributed by atoms with Crippen LogP contribution in [0.15, 0.2) is 47.8 Å². The van der Waals surface area contributed by atoms with Gasteiger partial charge in [0, 0.05) is 11.4 Å². The van der Waals surface area contributed by atoms with Crippen molar-refractivity contribution in [3.8, 4) is 0 Å². The molecule has 0 unspecified atom stereocenters. The first-order valence-corrected chi connectivity index (χ1v) is 6.71. The monoisotopic (exact) mass is 260 g/mol. The van der Waals surface area contributed by atoms with E-state index in [-0.39, 0.29) is 12.5 Å². The van der Waals surface area contributed by atoms with Crippen LogP contribution in [0.5, 0.6) is 0 Å². The van der Waals surface area contributed by atoms with Crippen molar-refractivity contribution in [2.24, 2.45) is 5.73 Å². The third-order valence-electron chi connectivity index (χ3n) is 2.67. The van der Waals surface area contributed by atoms with Crippen molar-refractivity contribution in [2.75, 3.05) is 6.54 Å². The van der Waals surface area contributed by atoms with Gasteiger partial charge in [-0.3, -0.25) is 4.79 Å². The highest BCUT2D eigenvalue weighted by atomic mass is 32.1. The molecular formula is C14H16N2OS. The predicted molar refractivity (Wildman–Crippen MR) is 74.1 cm³/mol. The Kier molecular flexibility index (Phi) is 4.50. The molecule has 2 N–H and O–H groups in total. The Morgan fingerprint density at radius 2 is 1.89 bits per heavy atom. The van der Waals surface area contributed by atoms with Crippen LogP contribution in [-0.2, 0) is 17.9 Å². The number of benzene rings is 1. The van der Waals surface area contributed by atoms with Gasteiger partial charge < -0.3 is 10.6 Å². The topological polar surface area (TPSA) is 46.3 Å². The third kappa shape index (κ3) is 3.42. The number of carbonyl (C=O) groups excluding carboxylic acids is 1. The summed E-state index contributed by atoms with van der Waals surface area (Å²) >= 11 is 1.66. The van der Waals surface area contributed by atoms with Crippen LogP contribution in [0.25, 0.3) is 0 Å². The van der Waals surface area contributed by atoms with Crippen molar-refractivity contribution >= 4 is 17.2 Å². The van der Waals surface area contributed by atoms with E-state index >= 15 is 0 Å². The van der Waals surface area contributed by atoms with Gasteiger partial charge in [-0.2, -0.15) is 0 Å². The van der Waals surface area contributed by atoms with Gasteiger partial charge in [0.25, 0.3) is 0 Å². The number of carbonyl (C=O) groups is 1. The summed E-state index contributed by atoms with van der Waals surface area (Å²) in [5.74, 6) is -0.0211. The molecule has 0 atom stereocenters. The van der Waals surface area contributed by atoms with Gasteiger partial charge in [-0.25, -0.2) is 0 Å². The van der Waals surface area contributed by atoms with E-state index in [9.17, 15) is 4.79 Å². The molecule has 0 aliphatic rings. The number of hydrogen-bond acceptors (Lipinski definition) is 3. The van der Waals surface area contributed by atoms with Gasteiger partial charge in [0.2, 0.25) is 5.91 Å². The largest absolute Gasteiger partial charge is 0.332 e. The molecule has 0 aliphatic heterocycles. The Bertz CT molecular complexity index is 482. The van der Waals surface area contributed by atoms with E-state index in [2.05, 4.69) is 0 Å². The average molecular weight is 260 g/mol. The summed E-state index contributed by atoms with van der Waals surface area (Å²) in [4.78, 5) is 14.8. The molecule has 3 nitrogen and oxygen atoms in total. The van der Waals surface area contributed by atoms with Crippen molar-refractivity contribution in [3.63, 3.8) is 0 Å². The van der Waals surface area contributed by atoms with Crippen molar-refractivity contribution in [1.82, 2.24) is 4.90 Å². The zero-order chi connectivity index (χ0) is 12.8. The standard InChI is InChI=1S/C14H16N2OS/c15-9-14(17)16(11-13-7-4-8-18-13)10-12-5-2-1-3-6-12/h1-8H,9-11,15H2. The average Bonchev–Trinajstić information content (AvgIpc) is 2.91. The second-order valence-electron chi connectivity index (χ2n) is 4.02. The maximum atomic E-state index is 11.8. The smallest absolute Gasteiger partial charge is 0.236 e. The lowest BCUT2D eigenvalue weighted by atomic mass is 10.2. The molecule has 0 aliphatic carbocycles. The molecule has 2 rings (SSSR count). The first-order valence-electron chi connectivity index (χ1n) is 5.83. The molecule has 4 heteroatoms. The molecule has 0 bridgehead atoms. The lowest BCUT2D eigenvalue weighted by Gasteiger charge is -2.21. The summed E-state index contributed by atoms with van der Waals surface area (Å²) in [5, 5.41) is 2.02. The number of hydrogen-bond donors (Lipinski definition) is 1. The van der Waals surface area contributed by atoms with Crippen molar-refractivity contribution < 1.29 is 4.79 Å². The maximum Gasteiger partial charge on any atom is 0.236 e. The molecule has 0 saturated heterocycles. The lowest BCUT2D eigenvalue weighted by molar-refractivity contribution is -0.130. The molecule has 0 fully saturated rings. The van der Waals surface area contributed by atoms with Crippen molar-refractivity contribution in [1.29, 1.82) is 0 Å². The van der Waals surface area contributed by atoms with E-state index in [1.165, 1.54) is 4.88 Å². The molecular weight excluding hydrogens is 244 g/mol. The fraction of sp³-hybridized carbons (Fsp3) is 0.214. The highest BCUT2D eigenvalue weighted by Crippen LogP contribution is 2.14. The minimum Gasteiger partial charge on any atom is -0.332 e. The lowest BCUT2D eigenvalue weighted by Crippen LogP contribution is -2.34. The van der Waals surface area contributed by atoms with E-state index in [1.807, 2.05) is 47.8 Å². The SMILES string of the molecule is NCC(=O)N(Cc1ccccc1)Cc1cccs1. The second kappa shape index (κ2) is 6.33. The van der Waals surface area contributed by atoms with Crippen molar-refractivity contribution in [3.05, 3.63) is 58.3 Å². The highest BCUT2D eigenvalue weighted by molar-refractivity contribution is 7.09. The fourth-order valence-corrected chi connectivity index (χ4v) is 2.48. The zero-order valence-corrected chi connectivity index (χ0v) is 10.9. The minimum atomic E-state index is -0.0211. The van der Waals surface area contributed by atoms with E-state index in [0.29, 0.717) is 13.1 Å². The molecule has 1 heterocycles. The van der Waals surface area contributed by atoms with Gasteiger partial charge in [0.1, 0.15) is 0 Å². The van der Waals surface area contributed by atoms with E-state index in [4.69, 9.17) is 5.73 Å². The summed E-state index contributed by atoms with van der Waals surface area (Å²) in [6.07, 6.45) is 0. The van der Waals surface area contributed by atoms with Gasteiger partial charge in [0.15, 0.2) is 0 Å². The molecule has 94 valence electrons. The quantitative estimate of drug-likeness (QED) is 0.896. The Labute approximate surface area is 111 Å². The molecule has 1 amide bonds. The Morgan fingerprint density at radius 1 is 1.11 bits per heavy atom. The maximum absolute atomic E-state index is 11.8. The molecule has 18 heavy (non-hydrogen) atoms. The van der Waals surface area contributed by atoms with Crippen LogP contribution in [0.1, 0.15) is 10.4 Å². The first-order chi connectivity index (χ1) is 8.79. The molecule has 2 aromatic rings. The summed E-state index contributed by atoms with van der Waals surface area (Å²) < 4.78 is 0. The van der Waals surface area contributed by atoms with E-state index in [1.54, 1.807) is 16.2 Å². The van der Waals surface area contributed by atoms with Gasteiger partial charge in [0.05, 0.1) is 13.1 Å². The fourth-order valence-electron chi connectivity index (χ4n) is 1.76. The summed E-state index contributed by atoms with van der Waals surface area (Å²) in [6.45, 7) is 1.29. The number of amides is 1. The number of thiophene rings is 1. The molecule has 0 saturated carbocycles. The summed E-state index contributed by atoms with van der Waals surface area (Å²) in [5.41, 5.74) is 6.59. The second-order valence-corrected chi connectivity index (χ2v) is 5.05. The molecule has 0 spiro atoms. The van der Waals surface area contributed by atoms with Crippen LogP contribution < -0.4 is 5.73 Å².